The average molecular weight is 458 g/mol. The van der Waals surface area contributed by atoms with Crippen LogP contribution in [0.15, 0.2) is 0 Å². The van der Waals surface area contributed by atoms with E-state index in [4.69, 9.17) is 4.43 Å². The summed E-state index contributed by atoms with van der Waals surface area (Å²) in [6, 6.07) is 1.31. The van der Waals surface area contributed by atoms with Gasteiger partial charge in [0.15, 0.2) is 8.32 Å². The van der Waals surface area contributed by atoms with Crippen LogP contribution in [0.5, 0.6) is 0 Å². The normalized spacial score (nSPS) is 13.2. The van der Waals surface area contributed by atoms with Gasteiger partial charge in [-0.15, -0.1) is 0 Å². The highest BCUT2D eigenvalue weighted by molar-refractivity contribution is 6.71. The third-order valence-electron chi connectivity index (χ3n) is 7.58. The van der Waals surface area contributed by atoms with E-state index in [2.05, 4.69) is 69.3 Å². The molecule has 0 aliphatic heterocycles. The van der Waals surface area contributed by atoms with E-state index < -0.39 is 8.32 Å². The molecule has 0 rings (SSSR count). The van der Waals surface area contributed by atoms with Crippen molar-refractivity contribution in [2.75, 3.05) is 66.0 Å². The van der Waals surface area contributed by atoms with Crippen molar-refractivity contribution in [2.45, 2.75) is 99.2 Å². The standard InChI is InChI=1S/C26H59N3OSi/c1-10-27(11-2)22-16-19-26(25-31(8,9)30-7,20-17-23-28(12-3)13-4)21-18-24-29(14-5)15-6/h10-25H2,1-9H3. The molecule has 0 unspecified atom stereocenters. The molecule has 188 valence electrons. The molecule has 0 atom stereocenters. The van der Waals surface area contributed by atoms with Crippen LogP contribution < -0.4 is 0 Å². The van der Waals surface area contributed by atoms with Gasteiger partial charge in [0.25, 0.3) is 0 Å². The molecule has 31 heavy (non-hydrogen) atoms. The van der Waals surface area contributed by atoms with E-state index in [1.807, 2.05) is 7.11 Å². The van der Waals surface area contributed by atoms with Gasteiger partial charge in [-0.05, 0) is 122 Å². The largest absolute Gasteiger partial charge is 0.420 e. The zero-order valence-electron chi connectivity index (χ0n) is 23.1. The van der Waals surface area contributed by atoms with Crippen molar-refractivity contribution in [3.63, 3.8) is 0 Å². The topological polar surface area (TPSA) is 19.0 Å². The lowest BCUT2D eigenvalue weighted by Crippen LogP contribution is -2.39. The summed E-state index contributed by atoms with van der Waals surface area (Å²) in [6.45, 7) is 29.4. The van der Waals surface area contributed by atoms with E-state index in [-0.39, 0.29) is 0 Å². The Bertz CT molecular complexity index is 362. The van der Waals surface area contributed by atoms with E-state index in [0.717, 1.165) is 0 Å². The minimum absolute atomic E-state index is 0.444. The summed E-state index contributed by atoms with van der Waals surface area (Å²) in [7, 11) is 0.322. The fraction of sp³-hybridized carbons (Fsp3) is 1.00. The maximum atomic E-state index is 6.11. The highest BCUT2D eigenvalue weighted by Gasteiger charge is 2.37. The van der Waals surface area contributed by atoms with Crippen LogP contribution in [0.3, 0.4) is 0 Å². The Hall–Kier alpha value is 0.0569. The second kappa shape index (κ2) is 17.5. The number of rotatable bonds is 21. The first-order valence-corrected chi connectivity index (χ1v) is 16.6. The van der Waals surface area contributed by atoms with E-state index in [1.54, 1.807) is 0 Å². The minimum atomic E-state index is -1.63. The lowest BCUT2D eigenvalue weighted by molar-refractivity contribution is 0.175. The molecule has 5 heteroatoms. The molecule has 0 N–H and O–H groups in total. The fourth-order valence-corrected chi connectivity index (χ4v) is 7.75. The summed E-state index contributed by atoms with van der Waals surface area (Å²) >= 11 is 0. The summed E-state index contributed by atoms with van der Waals surface area (Å²) in [6.07, 6.45) is 8.06. The minimum Gasteiger partial charge on any atom is -0.420 e. The fourth-order valence-electron chi connectivity index (χ4n) is 5.27. The molecule has 0 saturated heterocycles. The molecular weight excluding hydrogens is 398 g/mol. The molecule has 0 aliphatic rings. The van der Waals surface area contributed by atoms with Gasteiger partial charge < -0.3 is 19.1 Å². The molecule has 0 bridgehead atoms. The van der Waals surface area contributed by atoms with Gasteiger partial charge in [0.05, 0.1) is 0 Å². The molecular formula is C26H59N3OSi. The maximum Gasteiger partial charge on any atom is 0.186 e. The number of hydrogen-bond acceptors (Lipinski definition) is 4. The molecule has 0 heterocycles. The van der Waals surface area contributed by atoms with Crippen molar-refractivity contribution in [1.82, 2.24) is 14.7 Å². The van der Waals surface area contributed by atoms with Gasteiger partial charge in [-0.1, -0.05) is 41.5 Å². The molecule has 0 aromatic rings. The Morgan fingerprint density at radius 1 is 0.581 bits per heavy atom. The Balaban J connectivity index is 5.40. The number of hydrogen-bond donors (Lipinski definition) is 0. The maximum absolute atomic E-state index is 6.11. The summed E-state index contributed by atoms with van der Waals surface area (Å²) in [5.41, 5.74) is 0.444. The van der Waals surface area contributed by atoms with Crippen LogP contribution in [0.4, 0.5) is 0 Å². The quantitative estimate of drug-likeness (QED) is 0.191. The molecule has 0 spiro atoms. The lowest BCUT2D eigenvalue weighted by Gasteiger charge is -2.40. The highest BCUT2D eigenvalue weighted by atomic mass is 28.4. The van der Waals surface area contributed by atoms with Crippen molar-refractivity contribution < 1.29 is 4.43 Å². The molecule has 0 radical (unpaired) electrons. The Morgan fingerprint density at radius 3 is 1.10 bits per heavy atom. The van der Waals surface area contributed by atoms with Gasteiger partial charge in [-0.2, -0.15) is 0 Å². The first-order valence-electron chi connectivity index (χ1n) is 13.5. The predicted molar refractivity (Wildman–Crippen MR) is 143 cm³/mol. The van der Waals surface area contributed by atoms with E-state index >= 15 is 0 Å². The second-order valence-electron chi connectivity index (χ2n) is 10.0. The van der Waals surface area contributed by atoms with Gasteiger partial charge in [0.2, 0.25) is 0 Å². The van der Waals surface area contributed by atoms with Crippen molar-refractivity contribution in [2.24, 2.45) is 5.41 Å². The van der Waals surface area contributed by atoms with Gasteiger partial charge in [0.1, 0.15) is 0 Å². The summed E-state index contributed by atoms with van der Waals surface area (Å²) < 4.78 is 6.11. The predicted octanol–water partition coefficient (Wildman–Crippen LogP) is 6.19. The Morgan fingerprint density at radius 2 is 0.871 bits per heavy atom. The van der Waals surface area contributed by atoms with E-state index in [0.29, 0.717) is 5.41 Å². The van der Waals surface area contributed by atoms with Crippen molar-refractivity contribution in [3.05, 3.63) is 0 Å². The Kier molecular flexibility index (Phi) is 17.6. The van der Waals surface area contributed by atoms with Gasteiger partial charge in [-0.25, -0.2) is 0 Å². The SMILES string of the molecule is CCN(CC)CCCC(CCCN(CC)CC)(CCCN(CC)CC)C[Si](C)(C)OC. The van der Waals surface area contributed by atoms with Crippen molar-refractivity contribution in [3.8, 4) is 0 Å². The van der Waals surface area contributed by atoms with Gasteiger partial charge in [0, 0.05) is 7.11 Å². The summed E-state index contributed by atoms with van der Waals surface area (Å²) in [5.74, 6) is 0. The van der Waals surface area contributed by atoms with Crippen molar-refractivity contribution in [1.29, 1.82) is 0 Å². The highest BCUT2D eigenvalue weighted by Crippen LogP contribution is 2.43. The van der Waals surface area contributed by atoms with Crippen LogP contribution in [0.25, 0.3) is 0 Å². The molecule has 0 amide bonds. The molecule has 4 nitrogen and oxygen atoms in total. The summed E-state index contributed by atoms with van der Waals surface area (Å²) in [4.78, 5) is 7.78. The molecule has 0 aromatic carbocycles. The van der Waals surface area contributed by atoms with Crippen LogP contribution >= 0.6 is 0 Å². The Labute approximate surface area is 198 Å². The summed E-state index contributed by atoms with van der Waals surface area (Å²) in [5, 5.41) is 0. The van der Waals surface area contributed by atoms with E-state index in [9.17, 15) is 0 Å². The van der Waals surface area contributed by atoms with Gasteiger partial charge in [-0.3, -0.25) is 0 Å². The molecule has 0 saturated carbocycles. The van der Waals surface area contributed by atoms with Crippen LogP contribution in [0, 0.1) is 5.41 Å². The van der Waals surface area contributed by atoms with Crippen molar-refractivity contribution >= 4 is 8.32 Å². The average Bonchev–Trinajstić information content (AvgIpc) is 2.77. The third-order valence-corrected chi connectivity index (χ3v) is 10.3. The van der Waals surface area contributed by atoms with Crippen LogP contribution in [-0.2, 0) is 4.43 Å². The first-order chi connectivity index (χ1) is 14.7. The first kappa shape index (κ1) is 31.1. The zero-order chi connectivity index (χ0) is 23.8. The van der Waals surface area contributed by atoms with E-state index in [1.165, 1.54) is 103 Å². The molecule has 0 aliphatic carbocycles. The monoisotopic (exact) mass is 457 g/mol. The van der Waals surface area contributed by atoms with Gasteiger partial charge >= 0.3 is 0 Å². The second-order valence-corrected chi connectivity index (χ2v) is 14.3. The van der Waals surface area contributed by atoms with Crippen LogP contribution in [0.2, 0.25) is 19.1 Å². The van der Waals surface area contributed by atoms with Crippen LogP contribution in [0.1, 0.15) is 80.1 Å². The van der Waals surface area contributed by atoms with Crippen LogP contribution in [-0.4, -0.2) is 89.0 Å². The third kappa shape index (κ3) is 13.4. The zero-order valence-corrected chi connectivity index (χ0v) is 24.1. The lowest BCUT2D eigenvalue weighted by atomic mass is 9.76. The molecule has 0 aromatic heterocycles. The number of nitrogens with zero attached hydrogens (tertiary/aromatic N) is 3. The molecule has 0 fully saturated rings. The smallest absolute Gasteiger partial charge is 0.186 e.